The van der Waals surface area contributed by atoms with Crippen LogP contribution in [0.25, 0.3) is 0 Å². The summed E-state index contributed by atoms with van der Waals surface area (Å²) in [7, 11) is 0. The molecule has 3 nitrogen and oxygen atoms in total. The Morgan fingerprint density at radius 2 is 2.54 bits per heavy atom. The Balaban J connectivity index is 2.30. The van der Waals surface area contributed by atoms with Gasteiger partial charge in [-0.2, -0.15) is 11.8 Å². The van der Waals surface area contributed by atoms with Gasteiger partial charge in [-0.15, -0.1) is 0 Å². The highest BCUT2D eigenvalue weighted by Gasteiger charge is 2.19. The van der Waals surface area contributed by atoms with E-state index < -0.39 is 0 Å². The van der Waals surface area contributed by atoms with Gasteiger partial charge < -0.3 is 4.98 Å². The number of aromatic amines is 1. The zero-order valence-corrected chi connectivity index (χ0v) is 9.89. The monoisotopic (exact) mass is 308 g/mol. The van der Waals surface area contributed by atoms with Crippen molar-refractivity contribution in [3.05, 3.63) is 25.9 Å². The Bertz CT molecular complexity index is 359. The topological polar surface area (TPSA) is 45.8 Å². The molecular weight excluding hydrogens is 299 g/mol. The van der Waals surface area contributed by atoms with Crippen molar-refractivity contribution in [3.63, 3.8) is 0 Å². The zero-order chi connectivity index (χ0) is 9.26. The molecule has 0 aliphatic carbocycles. The van der Waals surface area contributed by atoms with Crippen LogP contribution in [0.3, 0.4) is 0 Å². The number of H-pyrrole nitrogens is 1. The molecule has 2 rings (SSSR count). The second kappa shape index (κ2) is 4.00. The van der Waals surface area contributed by atoms with Crippen LogP contribution >= 0.6 is 34.4 Å². The lowest BCUT2D eigenvalue weighted by molar-refractivity contribution is 0.769. The fraction of sp³-hybridized carbons (Fsp3) is 0.500. The number of hydrogen-bond donors (Lipinski definition) is 1. The van der Waals surface area contributed by atoms with Crippen molar-refractivity contribution in [2.75, 3.05) is 5.75 Å². The van der Waals surface area contributed by atoms with E-state index in [0.29, 0.717) is 8.82 Å². The molecule has 0 bridgehead atoms. The fourth-order valence-corrected chi connectivity index (χ4v) is 2.85. The molecule has 1 N–H and O–H groups in total. The SMILES string of the molecule is O=c1[nH]c(C2CCCS2)ncc1I. The molecule has 1 fully saturated rings. The summed E-state index contributed by atoms with van der Waals surface area (Å²) in [6, 6.07) is 0. The molecule has 1 unspecified atom stereocenters. The quantitative estimate of drug-likeness (QED) is 0.807. The van der Waals surface area contributed by atoms with Crippen molar-refractivity contribution >= 4 is 34.4 Å². The predicted molar refractivity (Wildman–Crippen MR) is 62.0 cm³/mol. The molecule has 1 aliphatic heterocycles. The summed E-state index contributed by atoms with van der Waals surface area (Å²) >= 11 is 3.87. The molecule has 0 saturated carbocycles. The van der Waals surface area contributed by atoms with E-state index in [4.69, 9.17) is 0 Å². The van der Waals surface area contributed by atoms with Gasteiger partial charge in [0.1, 0.15) is 5.82 Å². The zero-order valence-electron chi connectivity index (χ0n) is 6.92. The van der Waals surface area contributed by atoms with Crippen LogP contribution in [-0.4, -0.2) is 15.7 Å². The van der Waals surface area contributed by atoms with Crippen LogP contribution in [0.15, 0.2) is 11.0 Å². The molecule has 13 heavy (non-hydrogen) atoms. The Labute approximate surface area is 93.9 Å². The molecule has 1 saturated heterocycles. The van der Waals surface area contributed by atoms with E-state index in [9.17, 15) is 4.79 Å². The van der Waals surface area contributed by atoms with Crippen LogP contribution in [0, 0.1) is 3.57 Å². The van der Waals surface area contributed by atoms with E-state index in [1.165, 1.54) is 12.2 Å². The number of nitrogens with one attached hydrogen (secondary N) is 1. The molecule has 1 aromatic heterocycles. The minimum Gasteiger partial charge on any atom is -0.309 e. The Hall–Kier alpha value is -0.0400. The summed E-state index contributed by atoms with van der Waals surface area (Å²) < 4.78 is 0.657. The van der Waals surface area contributed by atoms with Crippen LogP contribution in [0.1, 0.15) is 23.9 Å². The van der Waals surface area contributed by atoms with Gasteiger partial charge in [0.2, 0.25) is 0 Å². The average molecular weight is 308 g/mol. The molecule has 70 valence electrons. The molecule has 0 aromatic carbocycles. The fourth-order valence-electron chi connectivity index (χ4n) is 1.35. The number of thioether (sulfide) groups is 1. The van der Waals surface area contributed by atoms with Gasteiger partial charge in [0.25, 0.3) is 5.56 Å². The normalized spacial score (nSPS) is 22.1. The van der Waals surface area contributed by atoms with Crippen LogP contribution < -0.4 is 5.56 Å². The minimum absolute atomic E-state index is 0.0156. The molecule has 2 heterocycles. The molecular formula is C8H9IN2OS. The lowest BCUT2D eigenvalue weighted by Gasteiger charge is -2.06. The molecule has 0 radical (unpaired) electrons. The van der Waals surface area contributed by atoms with Gasteiger partial charge in [0.05, 0.1) is 8.82 Å². The van der Waals surface area contributed by atoms with Crippen molar-refractivity contribution < 1.29 is 0 Å². The first-order valence-electron chi connectivity index (χ1n) is 4.13. The first kappa shape index (κ1) is 9.51. The van der Waals surface area contributed by atoms with Crippen molar-refractivity contribution in [1.29, 1.82) is 0 Å². The van der Waals surface area contributed by atoms with E-state index in [2.05, 4.69) is 9.97 Å². The van der Waals surface area contributed by atoms with Crippen LogP contribution in [-0.2, 0) is 0 Å². The van der Waals surface area contributed by atoms with Gasteiger partial charge in [0.15, 0.2) is 0 Å². The van der Waals surface area contributed by atoms with Crippen molar-refractivity contribution in [1.82, 2.24) is 9.97 Å². The predicted octanol–water partition coefficient (Wildman–Crippen LogP) is 1.94. The second-order valence-corrected chi connectivity index (χ2v) is 5.42. The van der Waals surface area contributed by atoms with Crippen LogP contribution in [0.4, 0.5) is 0 Å². The molecule has 1 atom stereocenters. The van der Waals surface area contributed by atoms with Crippen molar-refractivity contribution in [3.8, 4) is 0 Å². The largest absolute Gasteiger partial charge is 0.309 e. The summed E-state index contributed by atoms with van der Waals surface area (Å²) in [6.07, 6.45) is 4.01. The average Bonchev–Trinajstić information content (AvgIpc) is 2.62. The van der Waals surface area contributed by atoms with E-state index in [1.54, 1.807) is 6.20 Å². The maximum atomic E-state index is 11.3. The molecule has 1 aliphatic rings. The molecule has 0 spiro atoms. The van der Waals surface area contributed by atoms with Crippen molar-refractivity contribution in [2.45, 2.75) is 18.1 Å². The summed E-state index contributed by atoms with van der Waals surface area (Å²) in [6.45, 7) is 0. The van der Waals surface area contributed by atoms with Gasteiger partial charge >= 0.3 is 0 Å². The number of hydrogen-bond acceptors (Lipinski definition) is 3. The smallest absolute Gasteiger partial charge is 0.264 e. The van der Waals surface area contributed by atoms with Crippen molar-refractivity contribution in [2.24, 2.45) is 0 Å². The van der Waals surface area contributed by atoms with E-state index in [0.717, 1.165) is 12.2 Å². The lowest BCUT2D eigenvalue weighted by atomic mass is 10.2. The first-order valence-corrected chi connectivity index (χ1v) is 6.26. The third-order valence-electron chi connectivity index (χ3n) is 2.01. The van der Waals surface area contributed by atoms with E-state index >= 15 is 0 Å². The molecule has 0 amide bonds. The molecule has 1 aromatic rings. The van der Waals surface area contributed by atoms with Gasteiger partial charge in [0, 0.05) is 6.20 Å². The van der Waals surface area contributed by atoms with Gasteiger partial charge in [-0.1, -0.05) is 0 Å². The minimum atomic E-state index is -0.0156. The highest BCUT2D eigenvalue weighted by Crippen LogP contribution is 2.37. The Morgan fingerprint density at radius 3 is 3.15 bits per heavy atom. The molecule has 5 heteroatoms. The van der Waals surface area contributed by atoms with Gasteiger partial charge in [-0.25, -0.2) is 4.98 Å². The summed E-state index contributed by atoms with van der Waals surface area (Å²) in [5.74, 6) is 2.02. The second-order valence-electron chi connectivity index (χ2n) is 2.95. The number of rotatable bonds is 1. The Morgan fingerprint density at radius 1 is 1.69 bits per heavy atom. The standard InChI is InChI=1S/C8H9IN2OS/c9-5-4-10-7(11-8(5)12)6-2-1-3-13-6/h4,6H,1-3H2,(H,10,11,12). The van der Waals surface area contributed by atoms with Crippen LogP contribution in [0.5, 0.6) is 0 Å². The maximum Gasteiger partial charge on any atom is 0.264 e. The number of nitrogens with zero attached hydrogens (tertiary/aromatic N) is 1. The first-order chi connectivity index (χ1) is 6.27. The lowest BCUT2D eigenvalue weighted by Crippen LogP contribution is -2.14. The highest BCUT2D eigenvalue weighted by atomic mass is 127. The maximum absolute atomic E-state index is 11.3. The summed E-state index contributed by atoms with van der Waals surface area (Å²) in [5.41, 5.74) is -0.0156. The Kier molecular flexibility index (Phi) is 2.92. The van der Waals surface area contributed by atoms with Crippen LogP contribution in [0.2, 0.25) is 0 Å². The van der Waals surface area contributed by atoms with E-state index in [1.807, 2.05) is 34.4 Å². The number of halogens is 1. The third kappa shape index (κ3) is 2.07. The summed E-state index contributed by atoms with van der Waals surface area (Å²) in [4.78, 5) is 18.3. The van der Waals surface area contributed by atoms with E-state index in [-0.39, 0.29) is 5.56 Å². The summed E-state index contributed by atoms with van der Waals surface area (Å²) in [5, 5.41) is 0.407. The van der Waals surface area contributed by atoms with Gasteiger partial charge in [-0.3, -0.25) is 4.79 Å². The highest BCUT2D eigenvalue weighted by molar-refractivity contribution is 14.1. The number of aromatic nitrogens is 2. The van der Waals surface area contributed by atoms with Gasteiger partial charge in [-0.05, 0) is 41.2 Å². The third-order valence-corrected chi connectivity index (χ3v) is 4.16.